The van der Waals surface area contributed by atoms with E-state index in [2.05, 4.69) is 59.6 Å². The highest BCUT2D eigenvalue weighted by atomic mass is 16.5. The maximum atomic E-state index is 5.35. The minimum Gasteiger partial charge on any atom is -0.497 e. The van der Waals surface area contributed by atoms with Crippen molar-refractivity contribution in [3.8, 4) is 11.4 Å². The topological polar surface area (TPSA) is 67.0 Å². The molecule has 1 aromatic heterocycles. The van der Waals surface area contributed by atoms with Crippen molar-refractivity contribution in [2.24, 2.45) is 9.98 Å². The number of amidine groups is 2. The molecule has 5 aromatic rings. The zero-order valence-corrected chi connectivity index (χ0v) is 21.6. The number of rotatable bonds is 4. The summed E-state index contributed by atoms with van der Waals surface area (Å²) in [6.45, 7) is 2.06. The van der Waals surface area contributed by atoms with Crippen molar-refractivity contribution < 1.29 is 4.74 Å². The van der Waals surface area contributed by atoms with Crippen LogP contribution in [-0.2, 0) is 0 Å². The summed E-state index contributed by atoms with van der Waals surface area (Å²) in [5.41, 5.74) is 6.91. The lowest BCUT2D eigenvalue weighted by atomic mass is 9.93. The van der Waals surface area contributed by atoms with Gasteiger partial charge in [0.05, 0.1) is 35.9 Å². The Morgan fingerprint density at radius 2 is 1.46 bits per heavy atom. The Bertz CT molecular complexity index is 1720. The van der Waals surface area contributed by atoms with Crippen molar-refractivity contribution in [1.29, 1.82) is 0 Å². The van der Waals surface area contributed by atoms with Crippen LogP contribution < -0.4 is 15.0 Å². The molecule has 1 unspecified atom stereocenters. The molecule has 7 heteroatoms. The zero-order valence-electron chi connectivity index (χ0n) is 21.6. The lowest BCUT2D eigenvalue weighted by Crippen LogP contribution is -2.46. The van der Waals surface area contributed by atoms with Gasteiger partial charge in [0.2, 0.25) is 0 Å². The van der Waals surface area contributed by atoms with Crippen molar-refractivity contribution >= 4 is 34.6 Å². The number of ether oxygens (including phenoxy) is 1. The normalized spacial score (nSPS) is 15.4. The Labute approximate surface area is 226 Å². The molecule has 7 nitrogen and oxygen atoms in total. The van der Waals surface area contributed by atoms with Gasteiger partial charge in [0.25, 0.3) is 0 Å². The molecule has 4 aromatic carbocycles. The van der Waals surface area contributed by atoms with E-state index in [9.17, 15) is 0 Å². The minimum absolute atomic E-state index is 0.143. The standard InChI is InChI=1S/C32H26N6O/c1-21-28-29(22-11-5-3-6-12-22)37-27-16-10-9-15-26(27)34-30(33-23-17-19-25(39-2)20-18-23)32(37)35-31(28)38(36-21)24-13-7-4-8-14-24/h3-20,29H,1-2H3,(H,33,34). The molecule has 0 aliphatic carbocycles. The van der Waals surface area contributed by atoms with Gasteiger partial charge in [-0.2, -0.15) is 5.10 Å². The number of para-hydroxylation sites is 3. The number of hydrogen-bond donors (Lipinski definition) is 1. The molecule has 0 amide bonds. The number of methoxy groups -OCH3 is 1. The van der Waals surface area contributed by atoms with Gasteiger partial charge < -0.3 is 15.0 Å². The van der Waals surface area contributed by atoms with E-state index in [-0.39, 0.29) is 6.04 Å². The fourth-order valence-corrected chi connectivity index (χ4v) is 5.31. The number of aliphatic imine (C=N–C) groups is 2. The Morgan fingerprint density at radius 3 is 2.21 bits per heavy atom. The maximum Gasteiger partial charge on any atom is 0.179 e. The fraction of sp³-hybridized carbons (Fsp3) is 0.0938. The lowest BCUT2D eigenvalue weighted by Gasteiger charge is -2.40. The van der Waals surface area contributed by atoms with E-state index in [0.717, 1.165) is 57.0 Å². The van der Waals surface area contributed by atoms with Crippen LogP contribution in [0.15, 0.2) is 119 Å². The SMILES string of the molecule is COc1ccc(NC2=Nc3ccccc3N3C2=Nc2c(c(C)nn2-c2ccccc2)C3c2ccccc2)cc1. The smallest absolute Gasteiger partial charge is 0.179 e. The molecule has 0 radical (unpaired) electrons. The quantitative estimate of drug-likeness (QED) is 0.283. The number of aromatic nitrogens is 2. The zero-order chi connectivity index (χ0) is 26.3. The van der Waals surface area contributed by atoms with Crippen molar-refractivity contribution in [3.63, 3.8) is 0 Å². The highest BCUT2D eigenvalue weighted by Gasteiger charge is 2.41. The van der Waals surface area contributed by atoms with E-state index >= 15 is 0 Å². The average Bonchev–Trinajstić information content (AvgIpc) is 3.33. The summed E-state index contributed by atoms with van der Waals surface area (Å²) in [6, 6.07) is 36.6. The van der Waals surface area contributed by atoms with Crippen molar-refractivity contribution in [2.75, 3.05) is 17.3 Å². The second-order valence-electron chi connectivity index (χ2n) is 9.49. The van der Waals surface area contributed by atoms with Gasteiger partial charge in [0.15, 0.2) is 17.5 Å². The van der Waals surface area contributed by atoms with Crippen LogP contribution in [0.1, 0.15) is 22.9 Å². The van der Waals surface area contributed by atoms with Crippen LogP contribution >= 0.6 is 0 Å². The summed E-state index contributed by atoms with van der Waals surface area (Å²) in [5.74, 6) is 3.01. The van der Waals surface area contributed by atoms with Gasteiger partial charge in [-0.15, -0.1) is 0 Å². The molecular formula is C32H26N6O. The van der Waals surface area contributed by atoms with Gasteiger partial charge in [-0.3, -0.25) is 0 Å². The second kappa shape index (κ2) is 9.29. The van der Waals surface area contributed by atoms with Gasteiger partial charge in [-0.25, -0.2) is 14.7 Å². The lowest BCUT2D eigenvalue weighted by molar-refractivity contribution is 0.415. The predicted octanol–water partition coefficient (Wildman–Crippen LogP) is 6.98. The fourth-order valence-electron chi connectivity index (χ4n) is 5.31. The summed E-state index contributed by atoms with van der Waals surface area (Å²) >= 11 is 0. The van der Waals surface area contributed by atoms with Gasteiger partial charge in [-0.05, 0) is 61.0 Å². The number of benzene rings is 4. The minimum atomic E-state index is -0.143. The number of hydrogen-bond acceptors (Lipinski definition) is 6. The molecule has 2 aliphatic heterocycles. The first-order chi connectivity index (χ1) is 19.2. The number of aryl methyl sites for hydroxylation is 1. The molecule has 0 saturated heterocycles. The predicted molar refractivity (Wildman–Crippen MR) is 156 cm³/mol. The number of nitrogens with one attached hydrogen (secondary N) is 1. The molecule has 0 fully saturated rings. The Kier molecular flexibility index (Phi) is 5.48. The Morgan fingerprint density at radius 1 is 0.769 bits per heavy atom. The summed E-state index contributed by atoms with van der Waals surface area (Å²) in [5, 5.41) is 8.52. The molecule has 39 heavy (non-hydrogen) atoms. The maximum absolute atomic E-state index is 5.35. The number of fused-ring (bicyclic) bond motifs is 4. The molecule has 1 N–H and O–H groups in total. The molecule has 3 heterocycles. The van der Waals surface area contributed by atoms with Crippen LogP contribution in [0.4, 0.5) is 22.9 Å². The Balaban J connectivity index is 1.47. The molecule has 0 saturated carbocycles. The monoisotopic (exact) mass is 510 g/mol. The molecule has 7 rings (SSSR count). The van der Waals surface area contributed by atoms with Crippen LogP contribution in [0, 0.1) is 6.92 Å². The van der Waals surface area contributed by atoms with Gasteiger partial charge >= 0.3 is 0 Å². The summed E-state index contributed by atoms with van der Waals surface area (Å²) in [6.07, 6.45) is 0. The third-order valence-electron chi connectivity index (χ3n) is 7.11. The van der Waals surface area contributed by atoms with Gasteiger partial charge in [-0.1, -0.05) is 60.7 Å². The first-order valence-electron chi connectivity index (χ1n) is 12.9. The van der Waals surface area contributed by atoms with Crippen molar-refractivity contribution in [1.82, 2.24) is 9.78 Å². The van der Waals surface area contributed by atoms with Gasteiger partial charge in [0, 0.05) is 11.3 Å². The average molecular weight is 511 g/mol. The van der Waals surface area contributed by atoms with E-state index < -0.39 is 0 Å². The largest absolute Gasteiger partial charge is 0.497 e. The number of nitrogens with zero attached hydrogens (tertiary/aromatic N) is 5. The first-order valence-corrected chi connectivity index (χ1v) is 12.9. The number of anilines is 2. The molecular weight excluding hydrogens is 484 g/mol. The molecule has 190 valence electrons. The highest BCUT2D eigenvalue weighted by Crippen LogP contribution is 2.48. The van der Waals surface area contributed by atoms with Crippen molar-refractivity contribution in [3.05, 3.63) is 126 Å². The Hall–Kier alpha value is -5.17. The first kappa shape index (κ1) is 23.0. The highest BCUT2D eigenvalue weighted by molar-refractivity contribution is 6.51. The van der Waals surface area contributed by atoms with E-state index in [0.29, 0.717) is 5.84 Å². The van der Waals surface area contributed by atoms with Crippen LogP contribution in [0.2, 0.25) is 0 Å². The van der Waals surface area contributed by atoms with E-state index in [1.807, 2.05) is 71.4 Å². The van der Waals surface area contributed by atoms with Crippen LogP contribution in [0.3, 0.4) is 0 Å². The molecule has 0 spiro atoms. The third kappa shape index (κ3) is 3.87. The van der Waals surface area contributed by atoms with E-state index in [4.69, 9.17) is 19.8 Å². The molecule has 1 atom stereocenters. The van der Waals surface area contributed by atoms with Gasteiger partial charge in [0.1, 0.15) is 5.75 Å². The van der Waals surface area contributed by atoms with Crippen LogP contribution in [-0.4, -0.2) is 28.6 Å². The molecule has 2 aliphatic rings. The summed E-state index contributed by atoms with van der Waals surface area (Å²) < 4.78 is 7.29. The second-order valence-corrected chi connectivity index (χ2v) is 9.49. The summed E-state index contributed by atoms with van der Waals surface area (Å²) in [7, 11) is 1.67. The van der Waals surface area contributed by atoms with E-state index in [1.165, 1.54) is 0 Å². The van der Waals surface area contributed by atoms with Crippen LogP contribution in [0.25, 0.3) is 5.69 Å². The van der Waals surface area contributed by atoms with E-state index in [1.54, 1.807) is 7.11 Å². The van der Waals surface area contributed by atoms with Crippen molar-refractivity contribution in [2.45, 2.75) is 13.0 Å². The third-order valence-corrected chi connectivity index (χ3v) is 7.11. The van der Waals surface area contributed by atoms with Crippen LogP contribution in [0.5, 0.6) is 5.75 Å². The summed E-state index contributed by atoms with van der Waals surface area (Å²) in [4.78, 5) is 12.6. The molecule has 0 bridgehead atoms.